The van der Waals surface area contributed by atoms with E-state index in [4.69, 9.17) is 17.3 Å². The largest absolute Gasteiger partial charge is 0.348 e. The first kappa shape index (κ1) is 17.5. The summed E-state index contributed by atoms with van der Waals surface area (Å²) in [6.07, 6.45) is 2.59. The van der Waals surface area contributed by atoms with Crippen LogP contribution in [0, 0.1) is 12.8 Å². The smallest absolute Gasteiger partial charge is 0.255 e. The van der Waals surface area contributed by atoms with E-state index in [0.29, 0.717) is 28.7 Å². The highest BCUT2D eigenvalue weighted by molar-refractivity contribution is 6.30. The SMILES string of the molecule is Cc1nn(-c2ccc(Cl)cc2)cc1C(=O)NC(CN)CC(C)C. The first-order valence-corrected chi connectivity index (χ1v) is 8.11. The van der Waals surface area contributed by atoms with Gasteiger partial charge in [-0.15, -0.1) is 0 Å². The van der Waals surface area contributed by atoms with Crippen LogP contribution in [0.3, 0.4) is 0 Å². The molecule has 2 rings (SSSR count). The number of aromatic nitrogens is 2. The Morgan fingerprint density at radius 3 is 2.57 bits per heavy atom. The van der Waals surface area contributed by atoms with Crippen molar-refractivity contribution in [2.75, 3.05) is 6.54 Å². The van der Waals surface area contributed by atoms with Crippen molar-refractivity contribution in [2.45, 2.75) is 33.2 Å². The number of halogens is 1. The third kappa shape index (κ3) is 4.56. The normalized spacial score (nSPS) is 12.4. The van der Waals surface area contributed by atoms with Gasteiger partial charge < -0.3 is 11.1 Å². The van der Waals surface area contributed by atoms with E-state index in [-0.39, 0.29) is 11.9 Å². The summed E-state index contributed by atoms with van der Waals surface area (Å²) < 4.78 is 1.68. The van der Waals surface area contributed by atoms with E-state index in [1.165, 1.54) is 0 Å². The van der Waals surface area contributed by atoms with E-state index in [0.717, 1.165) is 12.1 Å². The highest BCUT2D eigenvalue weighted by atomic mass is 35.5. The van der Waals surface area contributed by atoms with Gasteiger partial charge in [-0.05, 0) is 43.5 Å². The molecule has 1 aromatic heterocycles. The highest BCUT2D eigenvalue weighted by Crippen LogP contribution is 2.15. The molecule has 0 aliphatic rings. The summed E-state index contributed by atoms with van der Waals surface area (Å²) in [5.41, 5.74) is 7.84. The van der Waals surface area contributed by atoms with Crippen LogP contribution >= 0.6 is 11.6 Å². The molecule has 124 valence electrons. The molecule has 1 unspecified atom stereocenters. The minimum Gasteiger partial charge on any atom is -0.348 e. The van der Waals surface area contributed by atoms with E-state index in [1.807, 2.05) is 19.1 Å². The molecule has 0 aliphatic heterocycles. The van der Waals surface area contributed by atoms with Crippen LogP contribution < -0.4 is 11.1 Å². The van der Waals surface area contributed by atoms with Crippen molar-refractivity contribution in [2.24, 2.45) is 11.7 Å². The van der Waals surface area contributed by atoms with Gasteiger partial charge in [0.05, 0.1) is 16.9 Å². The lowest BCUT2D eigenvalue weighted by Gasteiger charge is -2.18. The topological polar surface area (TPSA) is 72.9 Å². The Bertz CT molecular complexity index is 664. The van der Waals surface area contributed by atoms with Gasteiger partial charge in [0, 0.05) is 23.8 Å². The van der Waals surface area contributed by atoms with Crippen molar-refractivity contribution in [3.05, 3.63) is 46.7 Å². The van der Waals surface area contributed by atoms with Gasteiger partial charge in [0.15, 0.2) is 0 Å². The van der Waals surface area contributed by atoms with Crippen molar-refractivity contribution >= 4 is 17.5 Å². The predicted molar refractivity (Wildman–Crippen MR) is 93.1 cm³/mol. The fourth-order valence-electron chi connectivity index (χ4n) is 2.46. The molecule has 0 spiro atoms. The van der Waals surface area contributed by atoms with Crippen LogP contribution in [0.15, 0.2) is 30.5 Å². The zero-order valence-corrected chi connectivity index (χ0v) is 14.5. The predicted octanol–water partition coefficient (Wildman–Crippen LogP) is 2.94. The molecule has 1 atom stereocenters. The van der Waals surface area contributed by atoms with Crippen LogP contribution in [0.4, 0.5) is 0 Å². The Morgan fingerprint density at radius 2 is 2.00 bits per heavy atom. The number of benzene rings is 1. The molecule has 0 bridgehead atoms. The Labute approximate surface area is 141 Å². The molecular formula is C17H23ClN4O. The van der Waals surface area contributed by atoms with E-state index >= 15 is 0 Å². The van der Waals surface area contributed by atoms with Gasteiger partial charge >= 0.3 is 0 Å². The van der Waals surface area contributed by atoms with Crippen molar-refractivity contribution in [3.8, 4) is 5.69 Å². The standard InChI is InChI=1S/C17H23ClN4O/c1-11(2)8-14(9-19)20-17(23)16-10-22(21-12(16)3)15-6-4-13(18)5-7-15/h4-7,10-11,14H,8-9,19H2,1-3H3,(H,20,23). The molecule has 3 N–H and O–H groups in total. The average Bonchev–Trinajstić information content (AvgIpc) is 2.88. The van der Waals surface area contributed by atoms with Gasteiger partial charge in [-0.3, -0.25) is 4.79 Å². The number of hydrogen-bond donors (Lipinski definition) is 2. The molecular weight excluding hydrogens is 312 g/mol. The number of nitrogens with one attached hydrogen (secondary N) is 1. The van der Waals surface area contributed by atoms with Crippen LogP contribution in [0.5, 0.6) is 0 Å². The number of nitrogens with two attached hydrogens (primary N) is 1. The number of rotatable bonds is 6. The molecule has 1 amide bonds. The quantitative estimate of drug-likeness (QED) is 0.853. The summed E-state index contributed by atoms with van der Waals surface area (Å²) >= 11 is 5.90. The minimum absolute atomic E-state index is 0.0271. The van der Waals surface area contributed by atoms with Crippen molar-refractivity contribution in [1.29, 1.82) is 0 Å². The second-order valence-corrected chi connectivity index (χ2v) is 6.52. The number of amides is 1. The monoisotopic (exact) mass is 334 g/mol. The molecule has 5 nitrogen and oxygen atoms in total. The maximum absolute atomic E-state index is 12.5. The molecule has 1 heterocycles. The Balaban J connectivity index is 2.16. The van der Waals surface area contributed by atoms with E-state index in [2.05, 4.69) is 24.3 Å². The molecule has 0 saturated carbocycles. The maximum atomic E-state index is 12.5. The number of hydrogen-bond acceptors (Lipinski definition) is 3. The lowest BCUT2D eigenvalue weighted by Crippen LogP contribution is -2.41. The van der Waals surface area contributed by atoms with Gasteiger partial charge in [-0.2, -0.15) is 5.10 Å². The first-order chi connectivity index (χ1) is 10.9. The fraction of sp³-hybridized carbons (Fsp3) is 0.412. The summed E-state index contributed by atoms with van der Waals surface area (Å²) in [7, 11) is 0. The Morgan fingerprint density at radius 1 is 1.35 bits per heavy atom. The lowest BCUT2D eigenvalue weighted by atomic mass is 10.0. The van der Waals surface area contributed by atoms with Gasteiger partial charge in [-0.25, -0.2) is 4.68 Å². The molecule has 1 aromatic carbocycles. The van der Waals surface area contributed by atoms with Crippen molar-refractivity contribution in [1.82, 2.24) is 15.1 Å². The van der Waals surface area contributed by atoms with Crippen LogP contribution in [-0.4, -0.2) is 28.3 Å². The van der Waals surface area contributed by atoms with Crippen LogP contribution in [0.1, 0.15) is 36.3 Å². The third-order valence-corrected chi connectivity index (χ3v) is 3.86. The van der Waals surface area contributed by atoms with Crippen molar-refractivity contribution in [3.63, 3.8) is 0 Å². The maximum Gasteiger partial charge on any atom is 0.255 e. The highest BCUT2D eigenvalue weighted by Gasteiger charge is 2.18. The van der Waals surface area contributed by atoms with Gasteiger partial charge in [0.25, 0.3) is 5.91 Å². The fourth-order valence-corrected chi connectivity index (χ4v) is 2.58. The minimum atomic E-state index is -0.140. The molecule has 0 fully saturated rings. The summed E-state index contributed by atoms with van der Waals surface area (Å²) in [5.74, 6) is 0.334. The number of carbonyl (C=O) groups excluding carboxylic acids is 1. The van der Waals surface area contributed by atoms with Gasteiger partial charge in [0.1, 0.15) is 0 Å². The van der Waals surface area contributed by atoms with Crippen LogP contribution in [0.2, 0.25) is 5.02 Å². The van der Waals surface area contributed by atoms with Crippen LogP contribution in [-0.2, 0) is 0 Å². The third-order valence-electron chi connectivity index (χ3n) is 3.61. The van der Waals surface area contributed by atoms with E-state index < -0.39 is 0 Å². The molecule has 0 radical (unpaired) electrons. The Hall–Kier alpha value is -1.85. The zero-order chi connectivity index (χ0) is 17.0. The molecule has 0 saturated heterocycles. The Kier molecular flexibility index (Phi) is 5.80. The number of nitrogens with zero attached hydrogens (tertiary/aromatic N) is 2. The van der Waals surface area contributed by atoms with Gasteiger partial charge in [0.2, 0.25) is 0 Å². The zero-order valence-electron chi connectivity index (χ0n) is 13.7. The van der Waals surface area contributed by atoms with Gasteiger partial charge in [-0.1, -0.05) is 25.4 Å². The number of carbonyl (C=O) groups is 1. The second kappa shape index (κ2) is 7.62. The van der Waals surface area contributed by atoms with Crippen molar-refractivity contribution < 1.29 is 4.79 Å². The molecule has 23 heavy (non-hydrogen) atoms. The summed E-state index contributed by atoms with van der Waals surface area (Å²) in [5, 5.41) is 8.06. The summed E-state index contributed by atoms with van der Waals surface area (Å²) in [6.45, 7) is 6.47. The average molecular weight is 335 g/mol. The summed E-state index contributed by atoms with van der Waals surface area (Å²) in [6, 6.07) is 7.28. The first-order valence-electron chi connectivity index (χ1n) is 7.73. The number of aryl methyl sites for hydroxylation is 1. The molecule has 6 heteroatoms. The molecule has 0 aliphatic carbocycles. The summed E-state index contributed by atoms with van der Waals surface area (Å²) in [4.78, 5) is 12.5. The van der Waals surface area contributed by atoms with E-state index in [9.17, 15) is 4.79 Å². The van der Waals surface area contributed by atoms with E-state index in [1.54, 1.807) is 23.0 Å². The molecule has 2 aromatic rings. The second-order valence-electron chi connectivity index (χ2n) is 6.08. The van der Waals surface area contributed by atoms with Crippen LogP contribution in [0.25, 0.3) is 5.69 Å². The lowest BCUT2D eigenvalue weighted by molar-refractivity contribution is 0.0933.